The van der Waals surface area contributed by atoms with Crippen LogP contribution in [-0.4, -0.2) is 44.3 Å². The second-order valence-corrected chi connectivity index (χ2v) is 12.9. The van der Waals surface area contributed by atoms with Crippen molar-refractivity contribution >= 4 is 55.1 Å². The summed E-state index contributed by atoms with van der Waals surface area (Å²) in [6.07, 6.45) is 0.197. The molecule has 0 aliphatic carbocycles. The molecule has 0 saturated carbocycles. The maximum Gasteiger partial charge on any atom is 0.264 e. The van der Waals surface area contributed by atoms with Gasteiger partial charge >= 0.3 is 0 Å². The Morgan fingerprint density at radius 2 is 1.53 bits per heavy atom. The molecule has 0 unspecified atom stereocenters. The maximum atomic E-state index is 14.3. The second kappa shape index (κ2) is 14.6. The van der Waals surface area contributed by atoms with E-state index in [0.29, 0.717) is 6.54 Å². The van der Waals surface area contributed by atoms with E-state index in [1.54, 1.807) is 25.1 Å². The van der Waals surface area contributed by atoms with Crippen LogP contribution in [0.1, 0.15) is 18.1 Å². The van der Waals surface area contributed by atoms with Crippen molar-refractivity contribution in [3.8, 4) is 0 Å². The molecule has 0 saturated heterocycles. The Balaban J connectivity index is 1.80. The molecule has 4 aromatic carbocycles. The van der Waals surface area contributed by atoms with E-state index in [4.69, 9.17) is 11.6 Å². The highest BCUT2D eigenvalue weighted by atomic mass is 79.9. The summed E-state index contributed by atoms with van der Waals surface area (Å²) in [6, 6.07) is 26.7. The van der Waals surface area contributed by atoms with Gasteiger partial charge in [0.25, 0.3) is 10.0 Å². The predicted octanol–water partition coefficient (Wildman–Crippen LogP) is 6.21. The van der Waals surface area contributed by atoms with Crippen LogP contribution in [0.3, 0.4) is 0 Å². The Hall–Kier alpha value is -3.73. The molecule has 2 amide bonds. The van der Waals surface area contributed by atoms with Crippen LogP contribution in [0.5, 0.6) is 0 Å². The number of anilines is 1. The first-order valence-corrected chi connectivity index (χ1v) is 16.1. The van der Waals surface area contributed by atoms with Crippen LogP contribution in [0.15, 0.2) is 112 Å². The molecular formula is C32H30BrClFN3O4S. The molecule has 224 valence electrons. The molecule has 0 aliphatic rings. The number of hydrogen-bond donors (Lipinski definition) is 1. The van der Waals surface area contributed by atoms with Gasteiger partial charge in [-0.1, -0.05) is 88.2 Å². The summed E-state index contributed by atoms with van der Waals surface area (Å²) in [5.74, 6) is -1.74. The number of hydrogen-bond acceptors (Lipinski definition) is 4. The summed E-state index contributed by atoms with van der Waals surface area (Å²) in [4.78, 5) is 29.1. The van der Waals surface area contributed by atoms with Gasteiger partial charge in [0.1, 0.15) is 18.4 Å². The zero-order chi connectivity index (χ0) is 31.0. The van der Waals surface area contributed by atoms with Crippen molar-refractivity contribution in [1.29, 1.82) is 0 Å². The minimum atomic E-state index is -4.31. The lowest BCUT2D eigenvalue weighted by atomic mass is 10.0. The summed E-state index contributed by atoms with van der Waals surface area (Å²) < 4.78 is 43.7. The molecule has 1 N–H and O–H groups in total. The smallest absolute Gasteiger partial charge is 0.264 e. The Bertz CT molecular complexity index is 1660. The number of likely N-dealkylation sites (N-methyl/N-ethyl adjacent to an activating group) is 1. The van der Waals surface area contributed by atoms with Gasteiger partial charge in [0.2, 0.25) is 11.8 Å². The van der Waals surface area contributed by atoms with Crippen LogP contribution >= 0.6 is 27.5 Å². The lowest BCUT2D eigenvalue weighted by molar-refractivity contribution is -0.140. The molecule has 4 rings (SSSR count). The largest absolute Gasteiger partial charge is 0.355 e. The van der Waals surface area contributed by atoms with Crippen LogP contribution < -0.4 is 9.62 Å². The number of nitrogens with zero attached hydrogens (tertiary/aromatic N) is 2. The van der Waals surface area contributed by atoms with Crippen LogP contribution in [0.2, 0.25) is 5.02 Å². The standard InChI is InChI=1S/C32H30BrClFN3O4S/c1-2-36-32(40)30(19-23-9-5-3-6-10-23)37(21-24-13-15-25(33)16-14-24)31(39)22-38(26-17-18-29(35)28(34)20-26)43(41,42)27-11-7-4-8-12-27/h3-18,20,30H,2,19,21-22H2,1H3,(H,36,40)/t30-/m1/s1. The number of halogens is 3. The number of carbonyl (C=O) groups is 2. The van der Waals surface area contributed by atoms with Gasteiger partial charge in [0.15, 0.2) is 0 Å². The van der Waals surface area contributed by atoms with Crippen molar-refractivity contribution in [2.24, 2.45) is 0 Å². The van der Waals surface area contributed by atoms with Gasteiger partial charge < -0.3 is 10.2 Å². The van der Waals surface area contributed by atoms with Gasteiger partial charge in [0.05, 0.1) is 15.6 Å². The van der Waals surface area contributed by atoms with E-state index in [0.717, 1.165) is 32.0 Å². The highest BCUT2D eigenvalue weighted by Crippen LogP contribution is 2.28. The van der Waals surface area contributed by atoms with E-state index < -0.39 is 34.3 Å². The molecule has 0 fully saturated rings. The molecule has 0 bridgehead atoms. The normalized spacial score (nSPS) is 11.9. The van der Waals surface area contributed by atoms with E-state index in [2.05, 4.69) is 21.2 Å². The summed E-state index contributed by atoms with van der Waals surface area (Å²) in [5.41, 5.74) is 1.57. The second-order valence-electron chi connectivity index (χ2n) is 9.67. The third-order valence-electron chi connectivity index (χ3n) is 6.69. The number of carbonyl (C=O) groups excluding carboxylic acids is 2. The number of rotatable bonds is 12. The minimum Gasteiger partial charge on any atom is -0.355 e. The zero-order valence-corrected chi connectivity index (χ0v) is 26.4. The SMILES string of the molecule is CCNC(=O)[C@@H](Cc1ccccc1)N(Cc1ccc(Br)cc1)C(=O)CN(c1ccc(F)c(Cl)c1)S(=O)(=O)c1ccccc1. The lowest BCUT2D eigenvalue weighted by Crippen LogP contribution is -2.53. The summed E-state index contributed by atoms with van der Waals surface area (Å²) in [5, 5.41) is 2.52. The molecule has 0 heterocycles. The topological polar surface area (TPSA) is 86.8 Å². The van der Waals surface area contributed by atoms with Crippen molar-refractivity contribution in [1.82, 2.24) is 10.2 Å². The van der Waals surface area contributed by atoms with E-state index in [9.17, 15) is 22.4 Å². The molecule has 7 nitrogen and oxygen atoms in total. The van der Waals surface area contributed by atoms with E-state index in [1.165, 1.54) is 23.1 Å². The van der Waals surface area contributed by atoms with Gasteiger partial charge in [-0.2, -0.15) is 0 Å². The third-order valence-corrected chi connectivity index (χ3v) is 9.30. The first kappa shape index (κ1) is 32.2. The van der Waals surface area contributed by atoms with Gasteiger partial charge in [-0.15, -0.1) is 0 Å². The average molecular weight is 687 g/mol. The van der Waals surface area contributed by atoms with Crippen molar-refractivity contribution in [2.45, 2.75) is 30.8 Å². The summed E-state index contributed by atoms with van der Waals surface area (Å²) in [7, 11) is -4.31. The van der Waals surface area contributed by atoms with Crippen LogP contribution in [0.4, 0.5) is 10.1 Å². The van der Waals surface area contributed by atoms with Crippen molar-refractivity contribution in [2.75, 3.05) is 17.4 Å². The maximum absolute atomic E-state index is 14.3. The van der Waals surface area contributed by atoms with E-state index in [-0.39, 0.29) is 34.5 Å². The molecule has 0 aliphatic heterocycles. The molecule has 0 spiro atoms. The van der Waals surface area contributed by atoms with Crippen LogP contribution in [-0.2, 0) is 32.6 Å². The Morgan fingerprint density at radius 1 is 0.907 bits per heavy atom. The fraction of sp³-hybridized carbons (Fsp3) is 0.188. The molecule has 0 radical (unpaired) electrons. The lowest BCUT2D eigenvalue weighted by Gasteiger charge is -2.34. The molecule has 4 aromatic rings. The predicted molar refractivity (Wildman–Crippen MR) is 170 cm³/mol. The zero-order valence-electron chi connectivity index (χ0n) is 23.3. The molecule has 0 aromatic heterocycles. The quantitative estimate of drug-likeness (QED) is 0.192. The Labute approximate surface area is 264 Å². The van der Waals surface area contributed by atoms with Gasteiger partial charge in [-0.25, -0.2) is 12.8 Å². The van der Waals surface area contributed by atoms with Crippen molar-refractivity contribution in [3.05, 3.63) is 130 Å². The fourth-order valence-electron chi connectivity index (χ4n) is 4.52. The number of nitrogens with one attached hydrogen (secondary N) is 1. The Kier molecular flexibility index (Phi) is 11.0. The summed E-state index contributed by atoms with van der Waals surface area (Å²) in [6.45, 7) is 1.49. The van der Waals surface area contributed by atoms with Crippen molar-refractivity contribution < 1.29 is 22.4 Å². The fourth-order valence-corrected chi connectivity index (χ4v) is 6.39. The van der Waals surface area contributed by atoms with Gasteiger partial charge in [-0.3, -0.25) is 13.9 Å². The van der Waals surface area contributed by atoms with Gasteiger partial charge in [0, 0.05) is 24.0 Å². The minimum absolute atomic E-state index is 0.00446. The van der Waals surface area contributed by atoms with Crippen LogP contribution in [0.25, 0.3) is 0 Å². The average Bonchev–Trinajstić information content (AvgIpc) is 3.01. The third kappa shape index (κ3) is 8.22. The number of sulfonamides is 1. The molecule has 11 heteroatoms. The first-order chi connectivity index (χ1) is 20.6. The first-order valence-electron chi connectivity index (χ1n) is 13.5. The van der Waals surface area contributed by atoms with Crippen LogP contribution in [0, 0.1) is 5.82 Å². The monoisotopic (exact) mass is 685 g/mol. The van der Waals surface area contributed by atoms with Gasteiger partial charge in [-0.05, 0) is 60.5 Å². The number of benzene rings is 4. The van der Waals surface area contributed by atoms with Crippen molar-refractivity contribution in [3.63, 3.8) is 0 Å². The highest BCUT2D eigenvalue weighted by Gasteiger charge is 2.34. The molecule has 1 atom stereocenters. The van der Waals surface area contributed by atoms with E-state index >= 15 is 0 Å². The molecular weight excluding hydrogens is 657 g/mol. The molecule has 43 heavy (non-hydrogen) atoms. The number of amides is 2. The highest BCUT2D eigenvalue weighted by molar-refractivity contribution is 9.10. The summed E-state index contributed by atoms with van der Waals surface area (Å²) >= 11 is 9.46. The van der Waals surface area contributed by atoms with E-state index in [1.807, 2.05) is 54.6 Å². The Morgan fingerprint density at radius 3 is 2.14 bits per heavy atom.